The van der Waals surface area contributed by atoms with E-state index in [1.807, 2.05) is 6.26 Å². The van der Waals surface area contributed by atoms with E-state index in [0.29, 0.717) is 0 Å². The van der Waals surface area contributed by atoms with Crippen LogP contribution in [0, 0.1) is 0 Å². The highest BCUT2D eigenvalue weighted by molar-refractivity contribution is 5.39. The van der Waals surface area contributed by atoms with Gasteiger partial charge in [-0.3, -0.25) is 0 Å². The summed E-state index contributed by atoms with van der Waals surface area (Å²) in [7, 11) is 0. The van der Waals surface area contributed by atoms with Crippen LogP contribution in [0.4, 0.5) is 0 Å². The van der Waals surface area contributed by atoms with Crippen LogP contribution in [-0.2, 0) is 18.3 Å². The normalized spacial score (nSPS) is 21.6. The van der Waals surface area contributed by atoms with Crippen molar-refractivity contribution in [2.24, 2.45) is 0 Å². The van der Waals surface area contributed by atoms with E-state index in [9.17, 15) is 0 Å². The van der Waals surface area contributed by atoms with Crippen LogP contribution in [0.15, 0.2) is 47.3 Å². The largest absolute Gasteiger partial charge is 0.472 e. The number of benzene rings is 1. The van der Waals surface area contributed by atoms with Gasteiger partial charge in [-0.1, -0.05) is 31.2 Å². The molecule has 0 bridgehead atoms. The van der Waals surface area contributed by atoms with Crippen molar-refractivity contribution in [1.82, 2.24) is 5.32 Å². The highest BCUT2D eigenvalue weighted by atomic mass is 16.3. The highest BCUT2D eigenvalue weighted by Crippen LogP contribution is 2.39. The smallest absolute Gasteiger partial charge is 0.0934 e. The average Bonchev–Trinajstić information content (AvgIpc) is 2.98. The number of aryl methyl sites for hydroxylation is 1. The van der Waals surface area contributed by atoms with Crippen molar-refractivity contribution in [3.63, 3.8) is 0 Å². The molecule has 2 nitrogen and oxygen atoms in total. The zero-order valence-electron chi connectivity index (χ0n) is 12.2. The first-order valence-corrected chi connectivity index (χ1v) is 7.64. The minimum absolute atomic E-state index is 0.217. The molecule has 0 saturated carbocycles. The fourth-order valence-electron chi connectivity index (χ4n) is 3.59. The number of rotatable bonds is 5. The van der Waals surface area contributed by atoms with E-state index in [-0.39, 0.29) is 5.41 Å². The first-order valence-electron chi connectivity index (χ1n) is 7.64. The first kappa shape index (κ1) is 13.4. The third-order valence-corrected chi connectivity index (χ3v) is 4.53. The molecule has 2 aromatic rings. The molecule has 0 amide bonds. The van der Waals surface area contributed by atoms with Crippen LogP contribution in [0.2, 0.25) is 0 Å². The van der Waals surface area contributed by atoms with E-state index in [4.69, 9.17) is 4.42 Å². The van der Waals surface area contributed by atoms with Crippen LogP contribution in [0.1, 0.15) is 36.5 Å². The second-order valence-electron chi connectivity index (χ2n) is 5.88. The van der Waals surface area contributed by atoms with Crippen molar-refractivity contribution in [1.29, 1.82) is 0 Å². The van der Waals surface area contributed by atoms with E-state index in [1.54, 1.807) is 6.26 Å². The topological polar surface area (TPSA) is 25.2 Å². The third-order valence-electron chi connectivity index (χ3n) is 4.53. The maximum absolute atomic E-state index is 5.27. The van der Waals surface area contributed by atoms with Crippen LogP contribution in [0.3, 0.4) is 0 Å². The molecule has 106 valence electrons. The Bertz CT molecular complexity index is 546. The Labute approximate surface area is 121 Å². The van der Waals surface area contributed by atoms with E-state index < -0.39 is 0 Å². The SMILES string of the molecule is CCNCC1(Cc2ccoc2)CCCc2ccccc21. The Morgan fingerprint density at radius 3 is 2.95 bits per heavy atom. The fraction of sp³-hybridized carbons (Fsp3) is 0.444. The van der Waals surface area contributed by atoms with Crippen LogP contribution in [0.25, 0.3) is 0 Å². The van der Waals surface area contributed by atoms with Crippen LogP contribution in [0.5, 0.6) is 0 Å². The lowest BCUT2D eigenvalue weighted by Crippen LogP contribution is -2.42. The van der Waals surface area contributed by atoms with E-state index in [1.165, 1.54) is 36.0 Å². The molecule has 0 radical (unpaired) electrons. The van der Waals surface area contributed by atoms with Crippen molar-refractivity contribution in [3.8, 4) is 0 Å². The van der Waals surface area contributed by atoms with Gasteiger partial charge < -0.3 is 9.73 Å². The fourth-order valence-corrected chi connectivity index (χ4v) is 3.59. The summed E-state index contributed by atoms with van der Waals surface area (Å²) in [5.74, 6) is 0. The molecule has 2 heteroatoms. The number of nitrogens with one attached hydrogen (secondary N) is 1. The van der Waals surface area contributed by atoms with Crippen molar-refractivity contribution in [3.05, 3.63) is 59.5 Å². The summed E-state index contributed by atoms with van der Waals surface area (Å²) in [5.41, 5.74) is 4.59. The molecule has 1 N–H and O–H groups in total. The van der Waals surface area contributed by atoms with Crippen molar-refractivity contribution >= 4 is 0 Å². The summed E-state index contributed by atoms with van der Waals surface area (Å²) in [6.45, 7) is 4.25. The molecule has 0 fully saturated rings. The molecule has 1 heterocycles. The Kier molecular flexibility index (Phi) is 3.93. The molecule has 20 heavy (non-hydrogen) atoms. The minimum Gasteiger partial charge on any atom is -0.472 e. The molecule has 1 unspecified atom stereocenters. The summed E-state index contributed by atoms with van der Waals surface area (Å²) in [6, 6.07) is 11.1. The zero-order valence-corrected chi connectivity index (χ0v) is 12.2. The summed E-state index contributed by atoms with van der Waals surface area (Å²) in [4.78, 5) is 0. The number of hydrogen-bond acceptors (Lipinski definition) is 2. The predicted octanol–water partition coefficient (Wildman–Crippen LogP) is 3.71. The van der Waals surface area contributed by atoms with E-state index in [0.717, 1.165) is 19.5 Å². The van der Waals surface area contributed by atoms with Gasteiger partial charge in [0.2, 0.25) is 0 Å². The van der Waals surface area contributed by atoms with Gasteiger partial charge in [0.25, 0.3) is 0 Å². The standard InChI is InChI=1S/C18H23NO/c1-2-19-14-18(12-15-9-11-20-13-15)10-5-7-16-6-3-4-8-17(16)18/h3-4,6,8-9,11,13,19H,2,5,7,10,12,14H2,1H3. The molecular weight excluding hydrogens is 246 g/mol. The van der Waals surface area contributed by atoms with Gasteiger partial charge in [-0.25, -0.2) is 0 Å². The Morgan fingerprint density at radius 1 is 1.25 bits per heavy atom. The predicted molar refractivity (Wildman–Crippen MR) is 82.0 cm³/mol. The molecule has 0 spiro atoms. The number of likely N-dealkylation sites (N-methyl/N-ethyl adjacent to an activating group) is 1. The second-order valence-corrected chi connectivity index (χ2v) is 5.88. The van der Waals surface area contributed by atoms with Gasteiger partial charge in [-0.05, 0) is 55.0 Å². The van der Waals surface area contributed by atoms with Gasteiger partial charge in [0.05, 0.1) is 12.5 Å². The number of fused-ring (bicyclic) bond motifs is 1. The lowest BCUT2D eigenvalue weighted by atomic mass is 9.67. The zero-order chi connectivity index (χ0) is 13.8. The van der Waals surface area contributed by atoms with E-state index in [2.05, 4.69) is 42.6 Å². The lowest BCUT2D eigenvalue weighted by molar-refractivity contribution is 0.337. The van der Waals surface area contributed by atoms with Gasteiger partial charge in [-0.2, -0.15) is 0 Å². The van der Waals surface area contributed by atoms with E-state index >= 15 is 0 Å². The van der Waals surface area contributed by atoms with Gasteiger partial charge >= 0.3 is 0 Å². The first-order chi connectivity index (χ1) is 9.84. The van der Waals surface area contributed by atoms with Crippen molar-refractivity contribution < 1.29 is 4.42 Å². The molecule has 3 rings (SSSR count). The van der Waals surface area contributed by atoms with Gasteiger partial charge in [0.15, 0.2) is 0 Å². The summed E-state index contributed by atoms with van der Waals surface area (Å²) < 4.78 is 5.27. The molecule has 0 aliphatic heterocycles. The molecule has 1 aromatic carbocycles. The molecule has 1 aliphatic rings. The molecule has 1 aromatic heterocycles. The summed E-state index contributed by atoms with van der Waals surface area (Å²) in [5, 5.41) is 3.58. The quantitative estimate of drug-likeness (QED) is 0.895. The monoisotopic (exact) mass is 269 g/mol. The number of hydrogen-bond donors (Lipinski definition) is 1. The Balaban J connectivity index is 1.98. The van der Waals surface area contributed by atoms with Crippen LogP contribution >= 0.6 is 0 Å². The minimum atomic E-state index is 0.217. The summed E-state index contributed by atoms with van der Waals surface area (Å²) in [6.07, 6.45) is 8.49. The summed E-state index contributed by atoms with van der Waals surface area (Å²) >= 11 is 0. The Hall–Kier alpha value is -1.54. The van der Waals surface area contributed by atoms with Crippen LogP contribution in [-0.4, -0.2) is 13.1 Å². The lowest BCUT2D eigenvalue weighted by Gasteiger charge is -2.39. The molecule has 1 atom stereocenters. The van der Waals surface area contributed by atoms with Crippen molar-refractivity contribution in [2.75, 3.05) is 13.1 Å². The second kappa shape index (κ2) is 5.84. The van der Waals surface area contributed by atoms with Gasteiger partial charge in [-0.15, -0.1) is 0 Å². The van der Waals surface area contributed by atoms with Crippen molar-refractivity contribution in [2.45, 2.75) is 38.0 Å². The van der Waals surface area contributed by atoms with Gasteiger partial charge in [0.1, 0.15) is 0 Å². The van der Waals surface area contributed by atoms with Gasteiger partial charge in [0, 0.05) is 12.0 Å². The maximum Gasteiger partial charge on any atom is 0.0934 e. The third kappa shape index (κ3) is 2.53. The van der Waals surface area contributed by atoms with Crippen LogP contribution < -0.4 is 5.32 Å². The molecule has 1 aliphatic carbocycles. The molecular formula is C18H23NO. The number of furan rings is 1. The highest BCUT2D eigenvalue weighted by Gasteiger charge is 2.36. The average molecular weight is 269 g/mol. The Morgan fingerprint density at radius 2 is 2.15 bits per heavy atom. The maximum atomic E-state index is 5.27. The molecule has 0 saturated heterocycles.